The SMILES string of the molecule is Cn1c(=O)n(C2CCC(=O)NC2=O)c2cccc(CN3CCC(CCC4CCNCC4)CC3)c21. The molecule has 4 heterocycles. The Bertz CT molecular complexity index is 1110. The monoisotopic (exact) mass is 467 g/mol. The molecule has 3 aliphatic heterocycles. The summed E-state index contributed by atoms with van der Waals surface area (Å²) in [6.07, 6.45) is 8.51. The van der Waals surface area contributed by atoms with Gasteiger partial charge in [0, 0.05) is 20.0 Å². The number of likely N-dealkylation sites (tertiary alicyclic amines) is 1. The van der Waals surface area contributed by atoms with Crippen molar-refractivity contribution in [3.05, 3.63) is 34.2 Å². The summed E-state index contributed by atoms with van der Waals surface area (Å²) in [6, 6.07) is 5.35. The number of nitrogens with zero attached hydrogens (tertiary/aromatic N) is 3. The summed E-state index contributed by atoms with van der Waals surface area (Å²) in [5.41, 5.74) is 2.59. The minimum atomic E-state index is -0.639. The van der Waals surface area contributed by atoms with E-state index in [-0.39, 0.29) is 23.9 Å². The number of imide groups is 1. The van der Waals surface area contributed by atoms with Gasteiger partial charge in [0.05, 0.1) is 11.0 Å². The lowest BCUT2D eigenvalue weighted by molar-refractivity contribution is -0.135. The highest BCUT2D eigenvalue weighted by atomic mass is 16.2. The van der Waals surface area contributed by atoms with E-state index in [2.05, 4.69) is 21.6 Å². The molecule has 1 aromatic carbocycles. The number of hydrogen-bond acceptors (Lipinski definition) is 5. The summed E-state index contributed by atoms with van der Waals surface area (Å²) in [5, 5.41) is 5.85. The van der Waals surface area contributed by atoms with Crippen LogP contribution in [0.5, 0.6) is 0 Å². The second-order valence-corrected chi connectivity index (χ2v) is 10.5. The van der Waals surface area contributed by atoms with Gasteiger partial charge >= 0.3 is 5.69 Å². The van der Waals surface area contributed by atoms with Gasteiger partial charge in [0.15, 0.2) is 0 Å². The van der Waals surface area contributed by atoms with Crippen molar-refractivity contribution in [2.24, 2.45) is 18.9 Å². The van der Waals surface area contributed by atoms with Crippen molar-refractivity contribution in [3.8, 4) is 0 Å². The molecule has 184 valence electrons. The Morgan fingerprint density at radius 2 is 1.65 bits per heavy atom. The maximum absolute atomic E-state index is 13.1. The molecular weight excluding hydrogens is 430 g/mol. The van der Waals surface area contributed by atoms with Crippen molar-refractivity contribution in [1.29, 1.82) is 0 Å². The van der Waals surface area contributed by atoms with Gasteiger partial charge in [-0.2, -0.15) is 0 Å². The van der Waals surface area contributed by atoms with Crippen LogP contribution in [0.2, 0.25) is 0 Å². The van der Waals surface area contributed by atoms with Crippen LogP contribution in [0, 0.1) is 11.8 Å². The third-order valence-corrected chi connectivity index (χ3v) is 8.25. The van der Waals surface area contributed by atoms with Crippen LogP contribution in [0.3, 0.4) is 0 Å². The van der Waals surface area contributed by atoms with Gasteiger partial charge in [-0.3, -0.25) is 28.9 Å². The Morgan fingerprint density at radius 1 is 0.941 bits per heavy atom. The lowest BCUT2D eigenvalue weighted by atomic mass is 9.85. The topological polar surface area (TPSA) is 88.4 Å². The van der Waals surface area contributed by atoms with Gasteiger partial charge in [-0.05, 0) is 81.7 Å². The standard InChI is InChI=1S/C26H37N5O3/c1-29-24-20(17-30-15-11-19(12-16-30)6-5-18-9-13-27-14-10-18)3-2-4-21(24)31(26(29)34)22-7-8-23(32)28-25(22)33/h2-4,18-19,22,27H,5-17H2,1H3,(H,28,32,33). The molecule has 8 heteroatoms. The molecule has 34 heavy (non-hydrogen) atoms. The molecule has 0 bridgehead atoms. The summed E-state index contributed by atoms with van der Waals surface area (Å²) in [6.45, 7) is 5.36. The molecule has 1 atom stereocenters. The molecular formula is C26H37N5O3. The number of para-hydroxylation sites is 1. The van der Waals surface area contributed by atoms with E-state index < -0.39 is 6.04 Å². The zero-order chi connectivity index (χ0) is 23.7. The van der Waals surface area contributed by atoms with Gasteiger partial charge in [0.1, 0.15) is 6.04 Å². The number of amides is 2. The fourth-order valence-electron chi connectivity index (χ4n) is 6.19. The summed E-state index contributed by atoms with van der Waals surface area (Å²) in [5.74, 6) is 1.09. The zero-order valence-corrected chi connectivity index (χ0v) is 20.2. The molecule has 8 nitrogen and oxygen atoms in total. The quantitative estimate of drug-likeness (QED) is 0.637. The second-order valence-electron chi connectivity index (χ2n) is 10.5. The average molecular weight is 468 g/mol. The number of aromatic nitrogens is 2. The molecule has 0 aliphatic carbocycles. The number of piperidine rings is 3. The Labute approximate surface area is 200 Å². The van der Waals surface area contributed by atoms with E-state index in [4.69, 9.17) is 0 Å². The van der Waals surface area contributed by atoms with Crippen LogP contribution in [-0.4, -0.2) is 52.0 Å². The van der Waals surface area contributed by atoms with Gasteiger partial charge < -0.3 is 5.32 Å². The predicted molar refractivity (Wildman–Crippen MR) is 131 cm³/mol. The van der Waals surface area contributed by atoms with Crippen LogP contribution in [0.25, 0.3) is 11.0 Å². The predicted octanol–water partition coefficient (Wildman–Crippen LogP) is 2.31. The highest BCUT2D eigenvalue weighted by Crippen LogP contribution is 2.29. The first-order valence-electron chi connectivity index (χ1n) is 13.0. The maximum Gasteiger partial charge on any atom is 0.329 e. The molecule has 0 spiro atoms. The minimum absolute atomic E-state index is 0.200. The van der Waals surface area contributed by atoms with Crippen LogP contribution < -0.4 is 16.3 Å². The van der Waals surface area contributed by atoms with Gasteiger partial charge in [-0.15, -0.1) is 0 Å². The molecule has 2 N–H and O–H groups in total. The van der Waals surface area contributed by atoms with Crippen LogP contribution in [-0.2, 0) is 23.2 Å². The lowest BCUT2D eigenvalue weighted by Gasteiger charge is -2.33. The lowest BCUT2D eigenvalue weighted by Crippen LogP contribution is -2.44. The number of carbonyl (C=O) groups excluding carboxylic acids is 2. The van der Waals surface area contributed by atoms with Crippen LogP contribution in [0.15, 0.2) is 23.0 Å². The van der Waals surface area contributed by atoms with Gasteiger partial charge in [-0.25, -0.2) is 4.79 Å². The van der Waals surface area contributed by atoms with Crippen LogP contribution in [0.4, 0.5) is 0 Å². The van der Waals surface area contributed by atoms with Gasteiger partial charge in [0.2, 0.25) is 11.8 Å². The summed E-state index contributed by atoms with van der Waals surface area (Å²) in [7, 11) is 1.78. The van der Waals surface area contributed by atoms with Crippen molar-refractivity contribution in [3.63, 3.8) is 0 Å². The van der Waals surface area contributed by atoms with Crippen molar-refractivity contribution in [2.75, 3.05) is 26.2 Å². The average Bonchev–Trinajstić information content (AvgIpc) is 3.10. The first kappa shape index (κ1) is 23.3. The summed E-state index contributed by atoms with van der Waals surface area (Å²) < 4.78 is 3.24. The molecule has 3 fully saturated rings. The smallest absolute Gasteiger partial charge is 0.317 e. The Kier molecular flexibility index (Phi) is 6.88. The van der Waals surface area contributed by atoms with E-state index in [0.717, 1.165) is 48.1 Å². The first-order valence-corrected chi connectivity index (χ1v) is 13.0. The second kappa shape index (κ2) is 10.0. The number of benzene rings is 1. The molecule has 2 aromatic rings. The highest BCUT2D eigenvalue weighted by molar-refractivity contribution is 6.00. The van der Waals surface area contributed by atoms with E-state index in [0.29, 0.717) is 6.42 Å². The molecule has 1 aromatic heterocycles. The maximum atomic E-state index is 13.1. The number of hydrogen-bond donors (Lipinski definition) is 2. The number of rotatable bonds is 6. The molecule has 3 aliphatic rings. The minimum Gasteiger partial charge on any atom is -0.317 e. The Hall–Kier alpha value is -2.45. The molecule has 1 unspecified atom stereocenters. The van der Waals surface area contributed by atoms with Crippen molar-refractivity contribution < 1.29 is 9.59 Å². The zero-order valence-electron chi connectivity index (χ0n) is 20.2. The molecule has 0 radical (unpaired) electrons. The third kappa shape index (κ3) is 4.70. The molecule has 3 saturated heterocycles. The fraction of sp³-hybridized carbons (Fsp3) is 0.654. The number of imidazole rings is 1. The highest BCUT2D eigenvalue weighted by Gasteiger charge is 2.32. The van der Waals surface area contributed by atoms with Crippen molar-refractivity contribution >= 4 is 22.8 Å². The molecule has 2 amide bonds. The Balaban J connectivity index is 1.26. The van der Waals surface area contributed by atoms with Gasteiger partial charge in [0.25, 0.3) is 0 Å². The summed E-state index contributed by atoms with van der Waals surface area (Å²) >= 11 is 0. The largest absolute Gasteiger partial charge is 0.329 e. The van der Waals surface area contributed by atoms with Crippen molar-refractivity contribution in [1.82, 2.24) is 24.7 Å². The third-order valence-electron chi connectivity index (χ3n) is 8.25. The van der Waals surface area contributed by atoms with E-state index in [1.165, 1.54) is 51.6 Å². The normalized spacial score (nSPS) is 23.5. The fourth-order valence-corrected chi connectivity index (χ4v) is 6.19. The van der Waals surface area contributed by atoms with Gasteiger partial charge in [-0.1, -0.05) is 25.0 Å². The number of fused-ring (bicyclic) bond motifs is 1. The summed E-state index contributed by atoms with van der Waals surface area (Å²) in [4.78, 5) is 39.7. The van der Waals surface area contributed by atoms with E-state index in [9.17, 15) is 14.4 Å². The molecule has 5 rings (SSSR count). The number of carbonyl (C=O) groups is 2. The van der Waals surface area contributed by atoms with E-state index in [1.54, 1.807) is 16.2 Å². The van der Waals surface area contributed by atoms with Crippen molar-refractivity contribution in [2.45, 2.75) is 64.0 Å². The van der Waals surface area contributed by atoms with Crippen LogP contribution in [0.1, 0.15) is 63.0 Å². The van der Waals surface area contributed by atoms with Crippen LogP contribution >= 0.6 is 0 Å². The van der Waals surface area contributed by atoms with E-state index >= 15 is 0 Å². The Morgan fingerprint density at radius 3 is 2.35 bits per heavy atom. The number of aryl methyl sites for hydroxylation is 1. The van der Waals surface area contributed by atoms with E-state index in [1.807, 2.05) is 12.1 Å². The first-order chi connectivity index (χ1) is 16.5. The number of nitrogens with one attached hydrogen (secondary N) is 2. The molecule has 0 saturated carbocycles.